The molecule has 0 aromatic heterocycles. The number of carbonyl (C=O) groups excluding carboxylic acids is 1. The second kappa shape index (κ2) is 5.52. The Morgan fingerprint density at radius 1 is 1.05 bits per heavy atom. The van der Waals surface area contributed by atoms with Crippen LogP contribution in [0.15, 0.2) is 48.5 Å². The molecule has 5 nitrogen and oxygen atoms in total. The fourth-order valence-electron chi connectivity index (χ4n) is 1.87. The molecular formula is C15H14N2O3. The van der Waals surface area contributed by atoms with Gasteiger partial charge in [-0.2, -0.15) is 0 Å². The van der Waals surface area contributed by atoms with E-state index in [1.807, 2.05) is 6.07 Å². The van der Waals surface area contributed by atoms with Crippen LogP contribution in [0.2, 0.25) is 0 Å². The summed E-state index contributed by atoms with van der Waals surface area (Å²) >= 11 is 0. The molecule has 0 fully saturated rings. The normalized spacial score (nSPS) is 10.1. The molecule has 5 heteroatoms. The molecule has 0 spiro atoms. The summed E-state index contributed by atoms with van der Waals surface area (Å²) in [6, 6.07) is 13.5. The Bertz CT molecular complexity index is 648. The highest BCUT2D eigenvalue weighted by atomic mass is 16.6. The highest BCUT2D eigenvalue weighted by Crippen LogP contribution is 2.23. The molecule has 102 valence electrons. The second-order valence-electron chi connectivity index (χ2n) is 4.58. The van der Waals surface area contributed by atoms with Gasteiger partial charge in [-0.15, -0.1) is 0 Å². The Morgan fingerprint density at radius 2 is 1.70 bits per heavy atom. The fraction of sp³-hybridized carbons (Fsp3) is 0.133. The first-order chi connectivity index (χ1) is 9.49. The van der Waals surface area contributed by atoms with E-state index in [9.17, 15) is 14.9 Å². The SMILES string of the molecule is CN(C)C(=O)c1cccc(-c2ccc([N+](=O)[O-])cc2)c1. The largest absolute Gasteiger partial charge is 0.345 e. The van der Waals surface area contributed by atoms with Crippen molar-refractivity contribution < 1.29 is 9.72 Å². The van der Waals surface area contributed by atoms with Gasteiger partial charge in [-0.1, -0.05) is 12.1 Å². The first-order valence-corrected chi connectivity index (χ1v) is 6.05. The van der Waals surface area contributed by atoms with Gasteiger partial charge in [-0.05, 0) is 35.4 Å². The van der Waals surface area contributed by atoms with Gasteiger partial charge in [-0.25, -0.2) is 0 Å². The summed E-state index contributed by atoms with van der Waals surface area (Å²) in [7, 11) is 3.39. The van der Waals surface area contributed by atoms with Gasteiger partial charge < -0.3 is 4.90 Å². The molecule has 0 N–H and O–H groups in total. The lowest BCUT2D eigenvalue weighted by Gasteiger charge is -2.11. The molecule has 0 aliphatic rings. The predicted octanol–water partition coefficient (Wildman–Crippen LogP) is 2.96. The third kappa shape index (κ3) is 2.83. The van der Waals surface area contributed by atoms with Crippen molar-refractivity contribution in [3.8, 4) is 11.1 Å². The topological polar surface area (TPSA) is 63.5 Å². The zero-order chi connectivity index (χ0) is 14.7. The molecule has 0 heterocycles. The highest BCUT2D eigenvalue weighted by Gasteiger charge is 2.10. The van der Waals surface area contributed by atoms with E-state index in [1.165, 1.54) is 17.0 Å². The summed E-state index contributed by atoms with van der Waals surface area (Å²) in [4.78, 5) is 23.6. The van der Waals surface area contributed by atoms with Crippen molar-refractivity contribution in [3.63, 3.8) is 0 Å². The van der Waals surface area contributed by atoms with Gasteiger partial charge in [0.1, 0.15) is 0 Å². The number of hydrogen-bond acceptors (Lipinski definition) is 3. The van der Waals surface area contributed by atoms with Crippen molar-refractivity contribution >= 4 is 11.6 Å². The highest BCUT2D eigenvalue weighted by molar-refractivity contribution is 5.95. The van der Waals surface area contributed by atoms with Crippen LogP contribution >= 0.6 is 0 Å². The van der Waals surface area contributed by atoms with Crippen LogP contribution in [0.25, 0.3) is 11.1 Å². The number of nitrogens with zero attached hydrogens (tertiary/aromatic N) is 2. The van der Waals surface area contributed by atoms with E-state index >= 15 is 0 Å². The monoisotopic (exact) mass is 270 g/mol. The zero-order valence-corrected chi connectivity index (χ0v) is 11.2. The van der Waals surface area contributed by atoms with Crippen molar-refractivity contribution in [1.29, 1.82) is 0 Å². The molecule has 2 aromatic carbocycles. The molecule has 0 saturated carbocycles. The maximum atomic E-state index is 11.9. The molecule has 1 amide bonds. The molecule has 0 saturated heterocycles. The molecule has 2 aromatic rings. The third-order valence-electron chi connectivity index (χ3n) is 2.93. The van der Waals surface area contributed by atoms with E-state index < -0.39 is 4.92 Å². The van der Waals surface area contributed by atoms with Crippen LogP contribution in [0, 0.1) is 10.1 Å². The van der Waals surface area contributed by atoms with Crippen LogP contribution in [0.4, 0.5) is 5.69 Å². The number of nitro benzene ring substituents is 1. The van der Waals surface area contributed by atoms with Crippen molar-refractivity contribution in [1.82, 2.24) is 4.90 Å². The molecule has 2 rings (SSSR count). The van der Waals surface area contributed by atoms with Crippen molar-refractivity contribution in [2.45, 2.75) is 0 Å². The molecule has 20 heavy (non-hydrogen) atoms. The molecule has 0 aliphatic carbocycles. The van der Waals surface area contributed by atoms with Gasteiger partial charge in [-0.3, -0.25) is 14.9 Å². The lowest BCUT2D eigenvalue weighted by molar-refractivity contribution is -0.384. The first-order valence-electron chi connectivity index (χ1n) is 6.05. The molecule has 0 atom stereocenters. The van der Waals surface area contributed by atoms with E-state index in [0.717, 1.165) is 11.1 Å². The van der Waals surface area contributed by atoms with Crippen LogP contribution < -0.4 is 0 Å². The summed E-state index contributed by atoms with van der Waals surface area (Å²) in [5.74, 6) is -0.0752. The number of rotatable bonds is 3. The van der Waals surface area contributed by atoms with Gasteiger partial charge >= 0.3 is 0 Å². The van der Waals surface area contributed by atoms with Crippen LogP contribution in [-0.2, 0) is 0 Å². The second-order valence-corrected chi connectivity index (χ2v) is 4.58. The summed E-state index contributed by atoms with van der Waals surface area (Å²) in [6.45, 7) is 0. The minimum absolute atomic E-state index is 0.0503. The summed E-state index contributed by atoms with van der Waals surface area (Å²) in [5.41, 5.74) is 2.33. The average molecular weight is 270 g/mol. The van der Waals surface area contributed by atoms with Crippen LogP contribution in [0.3, 0.4) is 0 Å². The quantitative estimate of drug-likeness (QED) is 0.636. The van der Waals surface area contributed by atoms with Gasteiger partial charge in [0.2, 0.25) is 0 Å². The fourth-order valence-corrected chi connectivity index (χ4v) is 1.87. The first kappa shape index (κ1) is 13.7. The van der Waals surface area contributed by atoms with Gasteiger partial charge in [0.05, 0.1) is 4.92 Å². The number of amides is 1. The van der Waals surface area contributed by atoms with Gasteiger partial charge in [0.25, 0.3) is 11.6 Å². The van der Waals surface area contributed by atoms with E-state index in [-0.39, 0.29) is 11.6 Å². The van der Waals surface area contributed by atoms with E-state index in [4.69, 9.17) is 0 Å². The number of hydrogen-bond donors (Lipinski definition) is 0. The maximum absolute atomic E-state index is 11.9. The molecule has 0 bridgehead atoms. The average Bonchev–Trinajstić information content (AvgIpc) is 2.46. The number of nitro groups is 1. The lowest BCUT2D eigenvalue weighted by Crippen LogP contribution is -2.21. The Labute approximate surface area is 116 Å². The summed E-state index contributed by atoms with van der Waals surface area (Å²) in [5, 5.41) is 10.6. The summed E-state index contributed by atoms with van der Waals surface area (Å²) < 4.78 is 0. The van der Waals surface area contributed by atoms with Crippen molar-refractivity contribution in [2.75, 3.05) is 14.1 Å². The van der Waals surface area contributed by atoms with E-state index in [0.29, 0.717) is 5.56 Å². The van der Waals surface area contributed by atoms with E-state index in [2.05, 4.69) is 0 Å². The lowest BCUT2D eigenvalue weighted by atomic mass is 10.0. The number of non-ortho nitro benzene ring substituents is 1. The standard InChI is InChI=1S/C15H14N2O3/c1-16(2)15(18)13-5-3-4-12(10-13)11-6-8-14(9-7-11)17(19)20/h3-10H,1-2H3. The van der Waals surface area contributed by atoms with Crippen LogP contribution in [-0.4, -0.2) is 29.8 Å². The third-order valence-corrected chi connectivity index (χ3v) is 2.93. The molecule has 0 aliphatic heterocycles. The zero-order valence-electron chi connectivity index (χ0n) is 11.2. The Kier molecular flexibility index (Phi) is 3.79. The smallest absolute Gasteiger partial charge is 0.269 e. The Balaban J connectivity index is 2.36. The van der Waals surface area contributed by atoms with Gasteiger partial charge in [0.15, 0.2) is 0 Å². The number of carbonyl (C=O) groups is 1. The minimum Gasteiger partial charge on any atom is -0.345 e. The Hall–Kier alpha value is -2.69. The van der Waals surface area contributed by atoms with Crippen molar-refractivity contribution in [2.24, 2.45) is 0 Å². The Morgan fingerprint density at radius 3 is 2.25 bits per heavy atom. The molecular weight excluding hydrogens is 256 g/mol. The van der Waals surface area contributed by atoms with Crippen molar-refractivity contribution in [3.05, 3.63) is 64.2 Å². The predicted molar refractivity (Wildman–Crippen MR) is 76.5 cm³/mol. The maximum Gasteiger partial charge on any atom is 0.269 e. The van der Waals surface area contributed by atoms with Crippen LogP contribution in [0.5, 0.6) is 0 Å². The van der Waals surface area contributed by atoms with Crippen LogP contribution in [0.1, 0.15) is 10.4 Å². The minimum atomic E-state index is -0.435. The number of benzene rings is 2. The molecule has 0 unspecified atom stereocenters. The van der Waals surface area contributed by atoms with E-state index in [1.54, 1.807) is 44.4 Å². The molecule has 0 radical (unpaired) electrons. The van der Waals surface area contributed by atoms with Gasteiger partial charge in [0, 0.05) is 31.8 Å². The summed E-state index contributed by atoms with van der Waals surface area (Å²) in [6.07, 6.45) is 0.